The molecule has 6 nitrogen and oxygen atoms in total. The fraction of sp³-hybridized carbons (Fsp3) is 0.750. The van der Waals surface area contributed by atoms with E-state index in [1.807, 2.05) is 0 Å². The summed E-state index contributed by atoms with van der Waals surface area (Å²) < 4.78 is 5.79. The van der Waals surface area contributed by atoms with Crippen molar-refractivity contribution in [2.24, 2.45) is 5.92 Å². The SMILES string of the molecule is C[C@@H]1CN(c2cc(N3CCC[C@H](CO)C3)ncn2)C[C@H](C)O1. The Balaban J connectivity index is 1.74. The zero-order chi connectivity index (χ0) is 15.5. The molecule has 0 saturated carbocycles. The van der Waals surface area contributed by atoms with E-state index in [2.05, 4.69) is 39.7 Å². The van der Waals surface area contributed by atoms with Gasteiger partial charge in [-0.25, -0.2) is 9.97 Å². The first-order chi connectivity index (χ1) is 10.7. The molecule has 2 saturated heterocycles. The highest BCUT2D eigenvalue weighted by Crippen LogP contribution is 2.25. The van der Waals surface area contributed by atoms with Gasteiger partial charge in [0.15, 0.2) is 0 Å². The van der Waals surface area contributed by atoms with Crippen LogP contribution in [0.25, 0.3) is 0 Å². The Bertz CT molecular complexity index is 489. The summed E-state index contributed by atoms with van der Waals surface area (Å²) in [6.45, 7) is 8.06. The molecule has 1 N–H and O–H groups in total. The molecule has 122 valence electrons. The van der Waals surface area contributed by atoms with Gasteiger partial charge in [-0.05, 0) is 32.6 Å². The molecule has 0 unspecified atom stereocenters. The lowest BCUT2D eigenvalue weighted by Gasteiger charge is -2.37. The summed E-state index contributed by atoms with van der Waals surface area (Å²) in [5, 5.41) is 9.39. The molecule has 1 aromatic heterocycles. The number of rotatable bonds is 3. The van der Waals surface area contributed by atoms with Gasteiger partial charge in [0.1, 0.15) is 18.0 Å². The van der Waals surface area contributed by atoms with Crippen LogP contribution < -0.4 is 9.80 Å². The number of aromatic nitrogens is 2. The van der Waals surface area contributed by atoms with Crippen molar-refractivity contribution < 1.29 is 9.84 Å². The second-order valence-electron chi connectivity index (χ2n) is 6.53. The lowest BCUT2D eigenvalue weighted by Crippen LogP contribution is -2.46. The Kier molecular flexibility index (Phi) is 4.78. The first-order valence-corrected chi connectivity index (χ1v) is 8.24. The zero-order valence-electron chi connectivity index (χ0n) is 13.5. The summed E-state index contributed by atoms with van der Waals surface area (Å²) in [4.78, 5) is 13.4. The van der Waals surface area contributed by atoms with E-state index in [0.717, 1.165) is 50.7 Å². The third kappa shape index (κ3) is 3.50. The second-order valence-corrected chi connectivity index (χ2v) is 6.53. The maximum absolute atomic E-state index is 9.39. The van der Waals surface area contributed by atoms with E-state index in [9.17, 15) is 5.11 Å². The highest BCUT2D eigenvalue weighted by atomic mass is 16.5. The molecule has 1 aromatic rings. The molecule has 2 aliphatic heterocycles. The summed E-state index contributed by atoms with van der Waals surface area (Å²) >= 11 is 0. The van der Waals surface area contributed by atoms with Crippen molar-refractivity contribution >= 4 is 11.6 Å². The maximum atomic E-state index is 9.39. The minimum atomic E-state index is 0.218. The van der Waals surface area contributed by atoms with Gasteiger partial charge < -0.3 is 19.6 Å². The number of hydrogen-bond donors (Lipinski definition) is 1. The molecular weight excluding hydrogens is 280 g/mol. The summed E-state index contributed by atoms with van der Waals surface area (Å²) in [6, 6.07) is 2.07. The molecule has 6 heteroatoms. The number of hydrogen-bond acceptors (Lipinski definition) is 6. The molecule has 0 spiro atoms. The third-order valence-electron chi connectivity index (χ3n) is 4.48. The number of morpholine rings is 1. The van der Waals surface area contributed by atoms with Crippen molar-refractivity contribution in [1.29, 1.82) is 0 Å². The maximum Gasteiger partial charge on any atom is 0.134 e. The van der Waals surface area contributed by atoms with Crippen molar-refractivity contribution in [2.45, 2.75) is 38.9 Å². The van der Waals surface area contributed by atoms with E-state index in [1.165, 1.54) is 0 Å². The quantitative estimate of drug-likeness (QED) is 0.908. The van der Waals surface area contributed by atoms with Crippen LogP contribution in [-0.2, 0) is 4.74 Å². The Labute approximate surface area is 132 Å². The minimum Gasteiger partial charge on any atom is -0.396 e. The average molecular weight is 306 g/mol. The lowest BCUT2D eigenvalue weighted by atomic mass is 9.99. The highest BCUT2D eigenvalue weighted by Gasteiger charge is 2.25. The van der Waals surface area contributed by atoms with E-state index in [4.69, 9.17) is 4.74 Å². The van der Waals surface area contributed by atoms with E-state index in [-0.39, 0.29) is 18.8 Å². The van der Waals surface area contributed by atoms with Gasteiger partial charge >= 0.3 is 0 Å². The molecule has 0 radical (unpaired) electrons. The second kappa shape index (κ2) is 6.79. The summed E-state index contributed by atoms with van der Waals surface area (Å²) in [7, 11) is 0. The van der Waals surface area contributed by atoms with Gasteiger partial charge in [-0.15, -0.1) is 0 Å². The molecule has 2 fully saturated rings. The smallest absolute Gasteiger partial charge is 0.134 e. The molecule has 0 bridgehead atoms. The number of anilines is 2. The van der Waals surface area contributed by atoms with Gasteiger partial charge in [0, 0.05) is 38.9 Å². The van der Waals surface area contributed by atoms with Crippen LogP contribution in [0.2, 0.25) is 0 Å². The summed E-state index contributed by atoms with van der Waals surface area (Å²) in [5.41, 5.74) is 0. The topological polar surface area (TPSA) is 61.7 Å². The van der Waals surface area contributed by atoms with Crippen LogP contribution >= 0.6 is 0 Å². The number of aliphatic hydroxyl groups is 1. The Morgan fingerprint density at radius 1 is 1.14 bits per heavy atom. The number of aliphatic hydroxyl groups excluding tert-OH is 1. The largest absolute Gasteiger partial charge is 0.396 e. The van der Waals surface area contributed by atoms with Crippen LogP contribution in [0.5, 0.6) is 0 Å². The first kappa shape index (κ1) is 15.5. The molecule has 2 aliphatic rings. The molecule has 3 heterocycles. The van der Waals surface area contributed by atoms with Crippen molar-refractivity contribution in [1.82, 2.24) is 9.97 Å². The zero-order valence-corrected chi connectivity index (χ0v) is 13.5. The molecule has 22 heavy (non-hydrogen) atoms. The molecular formula is C16H26N4O2. The standard InChI is InChI=1S/C16H26N4O2/c1-12-7-20(8-13(2)22-12)16-6-15(17-11-18-16)19-5-3-4-14(9-19)10-21/h6,11-14,21H,3-5,7-10H2,1-2H3/t12-,13+,14-/m0/s1. The van der Waals surface area contributed by atoms with E-state index < -0.39 is 0 Å². The summed E-state index contributed by atoms with van der Waals surface area (Å²) in [6.07, 6.45) is 4.30. The van der Waals surface area contributed by atoms with Gasteiger partial charge in [-0.3, -0.25) is 0 Å². The van der Waals surface area contributed by atoms with Gasteiger partial charge in [-0.2, -0.15) is 0 Å². The van der Waals surface area contributed by atoms with Crippen molar-refractivity contribution in [3.05, 3.63) is 12.4 Å². The Hall–Kier alpha value is -1.40. The normalized spacial score (nSPS) is 29.7. The molecule has 3 atom stereocenters. The van der Waals surface area contributed by atoms with Crippen LogP contribution in [0.15, 0.2) is 12.4 Å². The number of ether oxygens (including phenoxy) is 1. The van der Waals surface area contributed by atoms with E-state index >= 15 is 0 Å². The van der Waals surface area contributed by atoms with Gasteiger partial charge in [-0.1, -0.05) is 0 Å². The van der Waals surface area contributed by atoms with Crippen LogP contribution in [0.1, 0.15) is 26.7 Å². The van der Waals surface area contributed by atoms with Crippen molar-refractivity contribution in [3.8, 4) is 0 Å². The Morgan fingerprint density at radius 3 is 2.50 bits per heavy atom. The monoisotopic (exact) mass is 306 g/mol. The van der Waals surface area contributed by atoms with Gasteiger partial charge in [0.05, 0.1) is 12.2 Å². The average Bonchev–Trinajstić information content (AvgIpc) is 2.54. The molecule has 0 aliphatic carbocycles. The van der Waals surface area contributed by atoms with Crippen LogP contribution in [0.3, 0.4) is 0 Å². The molecule has 3 rings (SSSR count). The van der Waals surface area contributed by atoms with Gasteiger partial charge in [0.2, 0.25) is 0 Å². The molecule has 0 amide bonds. The van der Waals surface area contributed by atoms with Crippen LogP contribution in [-0.4, -0.2) is 60.1 Å². The predicted octanol–water partition coefficient (Wildman–Crippen LogP) is 1.30. The fourth-order valence-corrected chi connectivity index (χ4v) is 3.47. The van der Waals surface area contributed by atoms with Gasteiger partial charge in [0.25, 0.3) is 0 Å². The van der Waals surface area contributed by atoms with Crippen LogP contribution in [0.4, 0.5) is 11.6 Å². The van der Waals surface area contributed by atoms with Crippen molar-refractivity contribution in [2.75, 3.05) is 42.6 Å². The number of nitrogens with zero attached hydrogens (tertiary/aromatic N) is 4. The first-order valence-electron chi connectivity index (χ1n) is 8.24. The fourth-order valence-electron chi connectivity index (χ4n) is 3.47. The summed E-state index contributed by atoms with van der Waals surface area (Å²) in [5.74, 6) is 2.30. The Morgan fingerprint density at radius 2 is 1.82 bits per heavy atom. The number of piperidine rings is 1. The van der Waals surface area contributed by atoms with E-state index in [0.29, 0.717) is 5.92 Å². The molecule has 0 aromatic carbocycles. The van der Waals surface area contributed by atoms with Crippen molar-refractivity contribution in [3.63, 3.8) is 0 Å². The van der Waals surface area contributed by atoms with E-state index in [1.54, 1.807) is 6.33 Å². The lowest BCUT2D eigenvalue weighted by molar-refractivity contribution is -0.00546. The predicted molar refractivity (Wildman–Crippen MR) is 86.3 cm³/mol. The highest BCUT2D eigenvalue weighted by molar-refractivity contribution is 5.50. The third-order valence-corrected chi connectivity index (χ3v) is 4.48. The minimum absolute atomic E-state index is 0.218. The van der Waals surface area contributed by atoms with Crippen LogP contribution in [0, 0.1) is 5.92 Å².